The molecule has 21 heavy (non-hydrogen) atoms. The van der Waals surface area contributed by atoms with E-state index in [1.807, 2.05) is 0 Å². The summed E-state index contributed by atoms with van der Waals surface area (Å²) in [6.07, 6.45) is -0.724. The molecule has 0 spiro atoms. The molecule has 3 nitrogen and oxygen atoms in total. The first kappa shape index (κ1) is 15.4. The summed E-state index contributed by atoms with van der Waals surface area (Å²) in [5.41, 5.74) is 1.21. The lowest BCUT2D eigenvalue weighted by Crippen LogP contribution is -2.21. The minimum absolute atomic E-state index is 0.269. The summed E-state index contributed by atoms with van der Waals surface area (Å²) in [7, 11) is 1.56. The molecule has 1 atom stereocenters. The van der Waals surface area contributed by atoms with Crippen LogP contribution in [0.2, 0.25) is 0 Å². The van der Waals surface area contributed by atoms with E-state index in [2.05, 4.69) is 5.32 Å². The highest BCUT2D eigenvalue weighted by molar-refractivity contribution is 5.30. The summed E-state index contributed by atoms with van der Waals surface area (Å²) in [5.74, 6) is -0.556. The molecular formula is C16H17F2NO2. The smallest absolute Gasteiger partial charge is 0.126 e. The van der Waals surface area contributed by atoms with E-state index >= 15 is 0 Å². The number of aliphatic hydroxyl groups is 1. The molecule has 1 unspecified atom stereocenters. The van der Waals surface area contributed by atoms with Crippen LogP contribution in [0.3, 0.4) is 0 Å². The van der Waals surface area contributed by atoms with Crippen LogP contribution in [-0.4, -0.2) is 18.8 Å². The van der Waals surface area contributed by atoms with Crippen LogP contribution in [0.5, 0.6) is 5.75 Å². The number of methoxy groups -OCH3 is 1. The van der Waals surface area contributed by atoms with Gasteiger partial charge in [-0.3, -0.25) is 0 Å². The van der Waals surface area contributed by atoms with Crippen LogP contribution in [0.4, 0.5) is 8.78 Å². The molecular weight excluding hydrogens is 276 g/mol. The van der Waals surface area contributed by atoms with Crippen LogP contribution in [0.25, 0.3) is 0 Å². The summed E-state index contributed by atoms with van der Waals surface area (Å²) in [6, 6.07) is 10.5. The summed E-state index contributed by atoms with van der Waals surface area (Å²) < 4.78 is 31.2. The largest absolute Gasteiger partial charge is 0.497 e. The molecule has 0 aliphatic carbocycles. The van der Waals surface area contributed by atoms with Crippen molar-refractivity contribution in [3.05, 3.63) is 65.2 Å². The number of aliphatic hydroxyl groups excluding tert-OH is 1. The Kier molecular flexibility index (Phi) is 5.25. The quantitative estimate of drug-likeness (QED) is 0.860. The van der Waals surface area contributed by atoms with E-state index in [1.54, 1.807) is 31.4 Å². The monoisotopic (exact) mass is 293 g/mol. The molecule has 0 aromatic heterocycles. The van der Waals surface area contributed by atoms with E-state index in [0.717, 1.165) is 6.07 Å². The van der Waals surface area contributed by atoms with Gasteiger partial charge >= 0.3 is 0 Å². The Balaban J connectivity index is 1.90. The lowest BCUT2D eigenvalue weighted by molar-refractivity contribution is 0.174. The average Bonchev–Trinajstić information content (AvgIpc) is 2.46. The first-order valence-electron chi connectivity index (χ1n) is 6.56. The zero-order valence-corrected chi connectivity index (χ0v) is 11.6. The highest BCUT2D eigenvalue weighted by atomic mass is 19.1. The summed E-state index contributed by atoms with van der Waals surface area (Å²) >= 11 is 0. The number of hydrogen-bond acceptors (Lipinski definition) is 3. The van der Waals surface area contributed by atoms with Gasteiger partial charge in [0.25, 0.3) is 0 Å². The van der Waals surface area contributed by atoms with Gasteiger partial charge in [0.15, 0.2) is 0 Å². The fourth-order valence-electron chi connectivity index (χ4n) is 2.03. The second-order valence-corrected chi connectivity index (χ2v) is 4.70. The maximum atomic E-state index is 13.0. The van der Waals surface area contributed by atoms with Gasteiger partial charge in [0.1, 0.15) is 17.4 Å². The van der Waals surface area contributed by atoms with Gasteiger partial charge in [0.05, 0.1) is 13.2 Å². The number of hydrogen-bond donors (Lipinski definition) is 2. The van der Waals surface area contributed by atoms with E-state index in [1.165, 1.54) is 12.1 Å². The molecule has 2 N–H and O–H groups in total. The van der Waals surface area contributed by atoms with Crippen LogP contribution in [-0.2, 0) is 6.54 Å². The molecule has 0 saturated heterocycles. The first-order chi connectivity index (χ1) is 10.1. The highest BCUT2D eigenvalue weighted by Gasteiger charge is 2.08. The van der Waals surface area contributed by atoms with E-state index in [-0.39, 0.29) is 13.1 Å². The SMILES string of the molecule is COc1cccc(C(O)CNCc2cc(F)cc(F)c2)c1. The lowest BCUT2D eigenvalue weighted by Gasteiger charge is -2.13. The van der Waals surface area contributed by atoms with Crippen molar-refractivity contribution in [1.29, 1.82) is 0 Å². The molecule has 0 aliphatic heterocycles. The van der Waals surface area contributed by atoms with Gasteiger partial charge in [-0.05, 0) is 35.4 Å². The van der Waals surface area contributed by atoms with Crippen LogP contribution in [0, 0.1) is 11.6 Å². The van der Waals surface area contributed by atoms with E-state index in [0.29, 0.717) is 16.9 Å². The average molecular weight is 293 g/mol. The first-order valence-corrected chi connectivity index (χ1v) is 6.56. The molecule has 0 saturated carbocycles. The summed E-state index contributed by atoms with van der Waals surface area (Å²) in [4.78, 5) is 0. The molecule has 0 radical (unpaired) electrons. The molecule has 112 valence electrons. The van der Waals surface area contributed by atoms with Gasteiger partial charge in [-0.15, -0.1) is 0 Å². The highest BCUT2D eigenvalue weighted by Crippen LogP contribution is 2.18. The minimum atomic E-state index is -0.724. The zero-order valence-electron chi connectivity index (χ0n) is 11.6. The van der Waals surface area contributed by atoms with Gasteiger partial charge in [-0.1, -0.05) is 12.1 Å². The fourth-order valence-corrected chi connectivity index (χ4v) is 2.03. The Hall–Kier alpha value is -1.98. The topological polar surface area (TPSA) is 41.5 Å². The predicted octanol–water partition coefficient (Wildman–Crippen LogP) is 2.80. The van der Waals surface area contributed by atoms with Gasteiger partial charge in [-0.2, -0.15) is 0 Å². The second-order valence-electron chi connectivity index (χ2n) is 4.70. The summed E-state index contributed by atoms with van der Waals surface area (Å²) in [6.45, 7) is 0.543. The number of rotatable bonds is 6. The Bertz CT molecular complexity index is 584. The Labute approximate surface area is 122 Å². The van der Waals surface area contributed by atoms with Crippen molar-refractivity contribution in [2.45, 2.75) is 12.6 Å². The molecule has 0 heterocycles. The van der Waals surface area contributed by atoms with Crippen LogP contribution < -0.4 is 10.1 Å². The maximum absolute atomic E-state index is 13.0. The van der Waals surface area contributed by atoms with Crippen LogP contribution in [0.1, 0.15) is 17.2 Å². The molecule has 2 aromatic rings. The lowest BCUT2D eigenvalue weighted by atomic mass is 10.1. The molecule has 5 heteroatoms. The Morgan fingerprint density at radius 1 is 1.14 bits per heavy atom. The van der Waals surface area contributed by atoms with Crippen LogP contribution in [0.15, 0.2) is 42.5 Å². The molecule has 2 aromatic carbocycles. The number of benzene rings is 2. The van der Waals surface area contributed by atoms with Crippen molar-refractivity contribution in [1.82, 2.24) is 5.32 Å². The predicted molar refractivity (Wildman–Crippen MR) is 76.0 cm³/mol. The van der Waals surface area contributed by atoms with Gasteiger partial charge in [0, 0.05) is 19.2 Å². The van der Waals surface area contributed by atoms with Crippen molar-refractivity contribution in [2.75, 3.05) is 13.7 Å². The summed E-state index contributed by atoms with van der Waals surface area (Å²) in [5, 5.41) is 13.0. The van der Waals surface area contributed by atoms with Gasteiger partial charge < -0.3 is 15.2 Å². The van der Waals surface area contributed by atoms with Crippen molar-refractivity contribution < 1.29 is 18.6 Å². The van der Waals surface area contributed by atoms with Crippen LogP contribution >= 0.6 is 0 Å². The minimum Gasteiger partial charge on any atom is -0.497 e. The molecule has 0 aliphatic rings. The molecule has 0 bridgehead atoms. The third-order valence-electron chi connectivity index (χ3n) is 3.07. The Morgan fingerprint density at radius 2 is 1.86 bits per heavy atom. The van der Waals surface area contributed by atoms with Crippen molar-refractivity contribution in [3.8, 4) is 5.75 Å². The third kappa shape index (κ3) is 4.51. The third-order valence-corrected chi connectivity index (χ3v) is 3.07. The molecule has 0 fully saturated rings. The van der Waals surface area contributed by atoms with Crippen molar-refractivity contribution in [3.63, 3.8) is 0 Å². The van der Waals surface area contributed by atoms with Crippen molar-refractivity contribution >= 4 is 0 Å². The van der Waals surface area contributed by atoms with Crippen molar-refractivity contribution in [2.24, 2.45) is 0 Å². The number of ether oxygens (including phenoxy) is 1. The van der Waals surface area contributed by atoms with Gasteiger partial charge in [0.2, 0.25) is 0 Å². The zero-order chi connectivity index (χ0) is 15.2. The molecule has 2 rings (SSSR count). The van der Waals surface area contributed by atoms with E-state index in [4.69, 9.17) is 4.74 Å². The van der Waals surface area contributed by atoms with Gasteiger partial charge in [-0.25, -0.2) is 8.78 Å². The van der Waals surface area contributed by atoms with E-state index < -0.39 is 17.7 Å². The maximum Gasteiger partial charge on any atom is 0.126 e. The van der Waals surface area contributed by atoms with E-state index in [9.17, 15) is 13.9 Å². The molecule has 0 amide bonds. The second kappa shape index (κ2) is 7.15. The number of halogens is 2. The standard InChI is InChI=1S/C16H17F2NO2/c1-21-15-4-2-3-12(7-15)16(20)10-19-9-11-5-13(17)8-14(18)6-11/h2-8,16,19-20H,9-10H2,1H3. The fraction of sp³-hybridized carbons (Fsp3) is 0.250. The Morgan fingerprint density at radius 3 is 2.52 bits per heavy atom. The normalized spacial score (nSPS) is 12.2. The number of nitrogens with one attached hydrogen (secondary N) is 1.